The molecule has 0 saturated carbocycles. The van der Waals surface area contributed by atoms with Crippen LogP contribution < -0.4 is 5.32 Å². The van der Waals surface area contributed by atoms with E-state index in [1.54, 1.807) is 6.20 Å². The Morgan fingerprint density at radius 3 is 2.79 bits per heavy atom. The molecule has 0 saturated heterocycles. The lowest BCUT2D eigenvalue weighted by Gasteiger charge is -2.10. The predicted molar refractivity (Wildman–Crippen MR) is 95.3 cm³/mol. The van der Waals surface area contributed by atoms with E-state index in [9.17, 15) is 4.79 Å². The molecule has 5 nitrogen and oxygen atoms in total. The molecule has 3 rings (SSSR count). The third kappa shape index (κ3) is 3.12. The summed E-state index contributed by atoms with van der Waals surface area (Å²) in [4.78, 5) is 17.1. The smallest absolute Gasteiger partial charge is 0.253 e. The molecule has 3 aromatic rings. The number of benzene rings is 1. The lowest BCUT2D eigenvalue weighted by atomic mass is 10.1. The number of nitrogens with one attached hydrogen (secondary N) is 1. The van der Waals surface area contributed by atoms with Crippen molar-refractivity contribution in [2.45, 2.75) is 33.4 Å². The number of carbonyl (C=O) groups is 1. The molecule has 0 bridgehead atoms. The average Bonchev–Trinajstić information content (AvgIpc) is 2.96. The molecule has 2 aromatic heterocycles. The first-order valence-corrected chi connectivity index (χ1v) is 8.21. The van der Waals surface area contributed by atoms with Gasteiger partial charge in [-0.15, -0.1) is 0 Å². The second-order valence-electron chi connectivity index (χ2n) is 5.99. The van der Waals surface area contributed by atoms with Crippen molar-refractivity contribution in [1.82, 2.24) is 20.1 Å². The molecule has 1 N–H and O–H groups in total. The maximum atomic E-state index is 12.5. The molecule has 1 amide bonds. The van der Waals surface area contributed by atoms with E-state index in [2.05, 4.69) is 15.4 Å². The van der Waals surface area contributed by atoms with Crippen LogP contribution >= 0.6 is 11.6 Å². The first-order chi connectivity index (χ1) is 11.5. The largest absolute Gasteiger partial charge is 0.348 e. The molecule has 1 aromatic carbocycles. The third-order valence-electron chi connectivity index (χ3n) is 3.89. The third-order valence-corrected chi connectivity index (χ3v) is 4.26. The van der Waals surface area contributed by atoms with Gasteiger partial charge >= 0.3 is 0 Å². The highest BCUT2D eigenvalue weighted by Gasteiger charge is 2.15. The molecule has 0 aliphatic carbocycles. The van der Waals surface area contributed by atoms with Crippen LogP contribution in [0.2, 0.25) is 5.02 Å². The number of pyridine rings is 1. The van der Waals surface area contributed by atoms with Gasteiger partial charge in [0.1, 0.15) is 0 Å². The van der Waals surface area contributed by atoms with Crippen molar-refractivity contribution >= 4 is 28.5 Å². The first-order valence-electron chi connectivity index (χ1n) is 7.84. The standard InChI is InChI=1S/C18H19ClN4O/c1-11(2)23-17-14(10-21-23)8-15(12(3)22-17)18(24)20-9-13-6-4-5-7-16(13)19/h4-8,10-11H,9H2,1-3H3,(H,20,24). The number of halogens is 1. The fourth-order valence-electron chi connectivity index (χ4n) is 2.59. The normalized spacial score (nSPS) is 11.2. The van der Waals surface area contributed by atoms with E-state index < -0.39 is 0 Å². The lowest BCUT2D eigenvalue weighted by molar-refractivity contribution is 0.0950. The Labute approximate surface area is 145 Å². The van der Waals surface area contributed by atoms with Crippen molar-refractivity contribution in [1.29, 1.82) is 0 Å². The van der Waals surface area contributed by atoms with Gasteiger partial charge in [-0.05, 0) is 38.5 Å². The number of carbonyl (C=O) groups excluding carboxylic acids is 1. The maximum absolute atomic E-state index is 12.5. The van der Waals surface area contributed by atoms with E-state index in [1.165, 1.54) is 0 Å². The van der Waals surface area contributed by atoms with Crippen molar-refractivity contribution in [2.24, 2.45) is 0 Å². The Kier molecular flexibility index (Phi) is 4.53. The summed E-state index contributed by atoms with van der Waals surface area (Å²) in [6.07, 6.45) is 1.74. The molecule has 0 aliphatic heterocycles. The molecule has 0 fully saturated rings. The van der Waals surface area contributed by atoms with E-state index in [4.69, 9.17) is 11.6 Å². The van der Waals surface area contributed by atoms with Crippen LogP contribution in [0.25, 0.3) is 11.0 Å². The maximum Gasteiger partial charge on any atom is 0.253 e. The van der Waals surface area contributed by atoms with Gasteiger partial charge in [0, 0.05) is 23.0 Å². The number of hydrogen-bond donors (Lipinski definition) is 1. The van der Waals surface area contributed by atoms with E-state index >= 15 is 0 Å². The van der Waals surface area contributed by atoms with Crippen LogP contribution in [0.15, 0.2) is 36.5 Å². The van der Waals surface area contributed by atoms with Gasteiger partial charge in [-0.25, -0.2) is 9.67 Å². The summed E-state index contributed by atoms with van der Waals surface area (Å²) >= 11 is 6.12. The van der Waals surface area contributed by atoms with E-state index in [-0.39, 0.29) is 11.9 Å². The SMILES string of the molecule is Cc1nc2c(cnn2C(C)C)cc1C(=O)NCc1ccccc1Cl. The van der Waals surface area contributed by atoms with Crippen molar-refractivity contribution in [3.8, 4) is 0 Å². The minimum Gasteiger partial charge on any atom is -0.348 e. The lowest BCUT2D eigenvalue weighted by Crippen LogP contribution is -2.24. The minimum absolute atomic E-state index is 0.167. The number of hydrogen-bond acceptors (Lipinski definition) is 3. The molecule has 0 atom stereocenters. The zero-order valence-electron chi connectivity index (χ0n) is 13.9. The van der Waals surface area contributed by atoms with E-state index in [0.717, 1.165) is 16.6 Å². The van der Waals surface area contributed by atoms with Gasteiger partial charge in [0.25, 0.3) is 5.91 Å². The molecule has 6 heteroatoms. The van der Waals surface area contributed by atoms with E-state index in [1.807, 2.05) is 55.8 Å². The summed E-state index contributed by atoms with van der Waals surface area (Å²) in [6, 6.07) is 9.51. The average molecular weight is 343 g/mol. The monoisotopic (exact) mass is 342 g/mol. The fraction of sp³-hybridized carbons (Fsp3) is 0.278. The summed E-state index contributed by atoms with van der Waals surface area (Å²) in [5.41, 5.74) is 2.91. The molecular weight excluding hydrogens is 324 g/mol. The van der Waals surface area contributed by atoms with Crippen molar-refractivity contribution in [3.63, 3.8) is 0 Å². The van der Waals surface area contributed by atoms with Crippen LogP contribution in [0.5, 0.6) is 0 Å². The van der Waals surface area contributed by atoms with Crippen LogP contribution in [0.4, 0.5) is 0 Å². The van der Waals surface area contributed by atoms with Crippen LogP contribution in [-0.2, 0) is 6.54 Å². The minimum atomic E-state index is -0.167. The molecule has 0 spiro atoms. The van der Waals surface area contributed by atoms with Gasteiger partial charge in [-0.3, -0.25) is 4.79 Å². The number of aryl methyl sites for hydroxylation is 1. The Hall–Kier alpha value is -2.40. The summed E-state index contributed by atoms with van der Waals surface area (Å²) in [5.74, 6) is -0.167. The molecule has 0 radical (unpaired) electrons. The van der Waals surface area contributed by atoms with Crippen LogP contribution in [0, 0.1) is 6.92 Å². The Morgan fingerprint density at radius 1 is 1.33 bits per heavy atom. The van der Waals surface area contributed by atoms with Gasteiger partial charge < -0.3 is 5.32 Å². The van der Waals surface area contributed by atoms with Crippen molar-refractivity contribution in [2.75, 3.05) is 0 Å². The topological polar surface area (TPSA) is 59.8 Å². The second kappa shape index (κ2) is 6.61. The molecule has 124 valence electrons. The Morgan fingerprint density at radius 2 is 2.08 bits per heavy atom. The number of fused-ring (bicyclic) bond motifs is 1. The zero-order valence-corrected chi connectivity index (χ0v) is 14.6. The Bertz CT molecular complexity index is 901. The molecule has 0 unspecified atom stereocenters. The number of aromatic nitrogens is 3. The number of nitrogens with zero attached hydrogens (tertiary/aromatic N) is 3. The summed E-state index contributed by atoms with van der Waals surface area (Å²) in [7, 11) is 0. The van der Waals surface area contributed by atoms with Gasteiger partial charge in [-0.1, -0.05) is 29.8 Å². The molecule has 0 aliphatic rings. The van der Waals surface area contributed by atoms with Gasteiger partial charge in [0.2, 0.25) is 0 Å². The second-order valence-corrected chi connectivity index (χ2v) is 6.40. The Balaban J connectivity index is 1.85. The quantitative estimate of drug-likeness (QED) is 0.782. The summed E-state index contributed by atoms with van der Waals surface area (Å²) in [6.45, 7) is 6.31. The van der Waals surface area contributed by atoms with E-state index in [0.29, 0.717) is 22.8 Å². The van der Waals surface area contributed by atoms with Crippen LogP contribution in [0.3, 0.4) is 0 Å². The summed E-state index contributed by atoms with van der Waals surface area (Å²) < 4.78 is 1.85. The number of rotatable bonds is 4. The van der Waals surface area contributed by atoms with Crippen molar-refractivity contribution in [3.05, 3.63) is 58.4 Å². The molecule has 2 heterocycles. The highest BCUT2D eigenvalue weighted by Crippen LogP contribution is 2.20. The van der Waals surface area contributed by atoms with Gasteiger partial charge in [0.15, 0.2) is 5.65 Å². The fourth-order valence-corrected chi connectivity index (χ4v) is 2.79. The van der Waals surface area contributed by atoms with Crippen molar-refractivity contribution < 1.29 is 4.79 Å². The van der Waals surface area contributed by atoms with Gasteiger partial charge in [-0.2, -0.15) is 5.10 Å². The van der Waals surface area contributed by atoms with Crippen LogP contribution in [-0.4, -0.2) is 20.7 Å². The highest BCUT2D eigenvalue weighted by molar-refractivity contribution is 6.31. The number of amides is 1. The molecule has 24 heavy (non-hydrogen) atoms. The zero-order chi connectivity index (χ0) is 17.3. The first kappa shape index (κ1) is 16.5. The predicted octanol–water partition coefficient (Wildman–Crippen LogP) is 3.90. The van der Waals surface area contributed by atoms with Gasteiger partial charge in [0.05, 0.1) is 17.5 Å². The summed E-state index contributed by atoms with van der Waals surface area (Å²) in [5, 5.41) is 8.75. The highest BCUT2D eigenvalue weighted by atomic mass is 35.5. The molecular formula is C18H19ClN4O. The van der Waals surface area contributed by atoms with Crippen LogP contribution in [0.1, 0.15) is 41.5 Å².